The predicted octanol–water partition coefficient (Wildman–Crippen LogP) is 3.57. The van der Waals surface area contributed by atoms with Gasteiger partial charge >= 0.3 is 0 Å². The summed E-state index contributed by atoms with van der Waals surface area (Å²) in [5.74, 6) is -1.76. The predicted molar refractivity (Wildman–Crippen MR) is 97.5 cm³/mol. The molecule has 3 aromatic rings. The van der Waals surface area contributed by atoms with Gasteiger partial charge in [-0.05, 0) is 29.7 Å². The zero-order chi connectivity index (χ0) is 18.8. The molecule has 0 atom stereocenters. The van der Waals surface area contributed by atoms with Crippen LogP contribution in [0, 0.1) is 11.6 Å². The summed E-state index contributed by atoms with van der Waals surface area (Å²) in [5.41, 5.74) is 2.05. The fraction of sp³-hybridized carbons (Fsp3) is 0.150. The third-order valence-electron chi connectivity index (χ3n) is 4.53. The molecule has 2 heterocycles. The van der Waals surface area contributed by atoms with Crippen LogP contribution in [0.25, 0.3) is 0 Å². The number of anilines is 2. The van der Waals surface area contributed by atoms with Crippen molar-refractivity contribution in [2.45, 2.75) is 13.0 Å². The van der Waals surface area contributed by atoms with Crippen LogP contribution in [0.5, 0.6) is 0 Å². The van der Waals surface area contributed by atoms with E-state index in [1.807, 2.05) is 12.1 Å². The second-order valence-corrected chi connectivity index (χ2v) is 6.25. The van der Waals surface area contributed by atoms with E-state index < -0.39 is 23.2 Å². The molecule has 1 amide bonds. The van der Waals surface area contributed by atoms with Crippen molar-refractivity contribution in [2.24, 2.45) is 0 Å². The van der Waals surface area contributed by atoms with Gasteiger partial charge in [0.1, 0.15) is 28.8 Å². The van der Waals surface area contributed by atoms with Crippen molar-refractivity contribution < 1.29 is 13.6 Å². The van der Waals surface area contributed by atoms with E-state index in [1.165, 1.54) is 29.6 Å². The van der Waals surface area contributed by atoms with Gasteiger partial charge in [-0.3, -0.25) is 4.79 Å². The van der Waals surface area contributed by atoms with Crippen molar-refractivity contribution in [1.82, 2.24) is 9.97 Å². The fourth-order valence-electron chi connectivity index (χ4n) is 3.09. The van der Waals surface area contributed by atoms with Gasteiger partial charge in [-0.15, -0.1) is 0 Å². The first-order valence-electron chi connectivity index (χ1n) is 8.51. The van der Waals surface area contributed by atoms with Crippen molar-refractivity contribution in [3.8, 4) is 0 Å². The lowest BCUT2D eigenvalue weighted by Gasteiger charge is -2.29. The molecular weight excluding hydrogens is 350 g/mol. The van der Waals surface area contributed by atoms with E-state index in [9.17, 15) is 13.6 Å². The first-order chi connectivity index (χ1) is 13.1. The topological polar surface area (TPSA) is 58.1 Å². The van der Waals surface area contributed by atoms with E-state index in [0.29, 0.717) is 5.82 Å². The molecule has 0 saturated carbocycles. The van der Waals surface area contributed by atoms with E-state index in [2.05, 4.69) is 32.3 Å². The Bertz CT molecular complexity index is 971. The molecule has 0 aliphatic carbocycles. The average Bonchev–Trinajstić information content (AvgIpc) is 2.70. The van der Waals surface area contributed by atoms with Crippen molar-refractivity contribution in [2.75, 3.05) is 16.8 Å². The monoisotopic (exact) mass is 366 g/mol. The van der Waals surface area contributed by atoms with Crippen LogP contribution >= 0.6 is 0 Å². The Morgan fingerprint density at radius 2 is 1.70 bits per heavy atom. The highest BCUT2D eigenvalue weighted by molar-refractivity contribution is 6.02. The first-order valence-corrected chi connectivity index (χ1v) is 8.51. The molecule has 5 nitrogen and oxygen atoms in total. The number of rotatable bonds is 3. The first kappa shape index (κ1) is 17.1. The molecule has 1 N–H and O–H groups in total. The van der Waals surface area contributed by atoms with Gasteiger partial charge in [-0.2, -0.15) is 0 Å². The van der Waals surface area contributed by atoms with Gasteiger partial charge in [-0.1, -0.05) is 30.3 Å². The van der Waals surface area contributed by atoms with Crippen LogP contribution in [0.1, 0.15) is 21.6 Å². The number of carbonyl (C=O) groups is 1. The number of para-hydroxylation sites is 1. The van der Waals surface area contributed by atoms with Crippen molar-refractivity contribution in [1.29, 1.82) is 0 Å². The molecule has 136 valence electrons. The molecule has 1 aliphatic rings. The normalized spacial score (nSPS) is 13.2. The summed E-state index contributed by atoms with van der Waals surface area (Å²) in [6.07, 6.45) is 3.72. The molecule has 1 aliphatic heterocycles. The molecule has 2 aromatic carbocycles. The maximum Gasteiger partial charge on any atom is 0.276 e. The lowest BCUT2D eigenvalue weighted by Crippen LogP contribution is -2.31. The summed E-state index contributed by atoms with van der Waals surface area (Å²) in [4.78, 5) is 22.7. The number of carbonyl (C=O) groups excluding carboxylic acids is 1. The van der Waals surface area contributed by atoms with E-state index in [1.54, 1.807) is 0 Å². The van der Waals surface area contributed by atoms with Crippen LogP contribution in [0.4, 0.5) is 20.3 Å². The molecular formula is C20H16F2N4O. The number of halogens is 2. The Hall–Kier alpha value is -3.35. The Labute approximate surface area is 154 Å². The van der Waals surface area contributed by atoms with Crippen LogP contribution in [-0.2, 0) is 13.0 Å². The number of aromatic nitrogens is 2. The van der Waals surface area contributed by atoms with Gasteiger partial charge in [0.25, 0.3) is 5.91 Å². The number of hydrogen-bond donors (Lipinski definition) is 1. The Kier molecular flexibility index (Phi) is 4.50. The SMILES string of the molecule is O=C(Nc1c(F)cccc1F)c1cnc(N2CCc3ccccc3C2)cn1. The molecule has 0 unspecified atom stereocenters. The van der Waals surface area contributed by atoms with Crippen LogP contribution in [0.15, 0.2) is 54.9 Å². The van der Waals surface area contributed by atoms with Crippen molar-refractivity contribution in [3.05, 3.63) is 83.3 Å². The molecule has 0 fully saturated rings. The Morgan fingerprint density at radius 3 is 2.41 bits per heavy atom. The van der Waals surface area contributed by atoms with E-state index in [0.717, 1.165) is 31.6 Å². The minimum Gasteiger partial charge on any atom is -0.351 e. The minimum absolute atomic E-state index is 0.0150. The third kappa shape index (κ3) is 3.48. The lowest BCUT2D eigenvalue weighted by molar-refractivity contribution is 0.102. The largest absolute Gasteiger partial charge is 0.351 e. The fourth-order valence-corrected chi connectivity index (χ4v) is 3.09. The minimum atomic E-state index is -0.847. The lowest BCUT2D eigenvalue weighted by atomic mass is 10.0. The highest BCUT2D eigenvalue weighted by Crippen LogP contribution is 2.23. The quantitative estimate of drug-likeness (QED) is 0.770. The molecule has 0 bridgehead atoms. The summed E-state index contributed by atoms with van der Waals surface area (Å²) in [6, 6.07) is 11.6. The van der Waals surface area contributed by atoms with Crippen molar-refractivity contribution >= 4 is 17.4 Å². The highest BCUT2D eigenvalue weighted by Gasteiger charge is 2.19. The van der Waals surface area contributed by atoms with E-state index >= 15 is 0 Å². The second kappa shape index (κ2) is 7.11. The molecule has 0 spiro atoms. The van der Waals surface area contributed by atoms with Crippen LogP contribution in [0.3, 0.4) is 0 Å². The number of hydrogen-bond acceptors (Lipinski definition) is 4. The summed E-state index contributed by atoms with van der Waals surface area (Å²) in [5, 5.41) is 2.20. The average molecular weight is 366 g/mol. The van der Waals surface area contributed by atoms with Gasteiger partial charge in [-0.25, -0.2) is 18.7 Å². The highest BCUT2D eigenvalue weighted by atomic mass is 19.1. The summed E-state index contributed by atoms with van der Waals surface area (Å²) >= 11 is 0. The second-order valence-electron chi connectivity index (χ2n) is 6.25. The zero-order valence-electron chi connectivity index (χ0n) is 14.3. The van der Waals surface area contributed by atoms with Gasteiger partial charge < -0.3 is 10.2 Å². The van der Waals surface area contributed by atoms with Gasteiger partial charge in [0.05, 0.1) is 12.4 Å². The molecule has 4 rings (SSSR count). The summed E-state index contributed by atoms with van der Waals surface area (Å²) < 4.78 is 27.3. The third-order valence-corrected chi connectivity index (χ3v) is 4.53. The standard InChI is InChI=1S/C20H16F2N4O/c21-15-6-3-7-16(22)19(15)25-20(27)17-10-24-18(11-23-17)26-9-8-13-4-1-2-5-14(13)12-26/h1-7,10-11H,8-9,12H2,(H,25,27). The van der Waals surface area contributed by atoms with Gasteiger partial charge in [0.15, 0.2) is 0 Å². The van der Waals surface area contributed by atoms with E-state index in [4.69, 9.17) is 0 Å². The zero-order valence-corrected chi connectivity index (χ0v) is 14.3. The Morgan fingerprint density at radius 1 is 0.963 bits per heavy atom. The number of nitrogens with zero attached hydrogens (tertiary/aromatic N) is 3. The number of fused-ring (bicyclic) bond motifs is 1. The summed E-state index contributed by atoms with van der Waals surface area (Å²) in [7, 11) is 0. The maximum atomic E-state index is 13.7. The number of amides is 1. The number of nitrogens with one attached hydrogen (secondary N) is 1. The molecule has 27 heavy (non-hydrogen) atoms. The number of benzene rings is 2. The van der Waals surface area contributed by atoms with Crippen LogP contribution < -0.4 is 10.2 Å². The summed E-state index contributed by atoms with van der Waals surface area (Å²) in [6.45, 7) is 1.52. The van der Waals surface area contributed by atoms with Crippen molar-refractivity contribution in [3.63, 3.8) is 0 Å². The smallest absolute Gasteiger partial charge is 0.276 e. The van der Waals surface area contributed by atoms with Crippen LogP contribution in [-0.4, -0.2) is 22.4 Å². The Balaban J connectivity index is 1.49. The maximum absolute atomic E-state index is 13.7. The molecule has 7 heteroatoms. The molecule has 1 aromatic heterocycles. The van der Waals surface area contributed by atoms with Crippen LogP contribution in [0.2, 0.25) is 0 Å². The van der Waals surface area contributed by atoms with E-state index in [-0.39, 0.29) is 5.69 Å². The van der Waals surface area contributed by atoms with Gasteiger partial charge in [0.2, 0.25) is 0 Å². The van der Waals surface area contributed by atoms with Gasteiger partial charge in [0, 0.05) is 13.1 Å². The molecule has 0 saturated heterocycles. The molecule has 0 radical (unpaired) electrons.